The number of oxazole rings is 1. The van der Waals surface area contributed by atoms with E-state index in [1.165, 1.54) is 0 Å². The summed E-state index contributed by atoms with van der Waals surface area (Å²) in [6, 6.07) is 16.2. The van der Waals surface area contributed by atoms with Gasteiger partial charge in [0.05, 0.1) is 12.0 Å². The minimum atomic E-state index is -1.22. The molecule has 0 saturated heterocycles. The molecule has 2 amide bonds. The highest BCUT2D eigenvalue weighted by atomic mass is 16.5. The maximum atomic E-state index is 12.9. The molecular formula is C26H25N3O6. The minimum absolute atomic E-state index is 0.0422. The van der Waals surface area contributed by atoms with E-state index in [0.29, 0.717) is 12.8 Å². The van der Waals surface area contributed by atoms with Crippen LogP contribution in [-0.4, -0.2) is 41.2 Å². The second-order valence-electron chi connectivity index (χ2n) is 8.92. The third kappa shape index (κ3) is 4.25. The molecule has 9 nitrogen and oxygen atoms in total. The molecule has 5 rings (SSSR count). The van der Waals surface area contributed by atoms with Gasteiger partial charge in [-0.2, -0.15) is 0 Å². The fourth-order valence-electron chi connectivity index (χ4n) is 4.90. The van der Waals surface area contributed by atoms with Gasteiger partial charge in [-0.25, -0.2) is 14.6 Å². The summed E-state index contributed by atoms with van der Waals surface area (Å²) in [7, 11) is 0. The Morgan fingerprint density at radius 1 is 1.03 bits per heavy atom. The number of nitrogens with zero attached hydrogens (tertiary/aromatic N) is 1. The highest BCUT2D eigenvalue weighted by Crippen LogP contribution is 2.44. The summed E-state index contributed by atoms with van der Waals surface area (Å²) in [6.45, 7) is 0.243. The van der Waals surface area contributed by atoms with Crippen molar-refractivity contribution in [2.45, 2.75) is 31.7 Å². The Bertz CT molecular complexity index is 1230. The first-order chi connectivity index (χ1) is 17.0. The number of alkyl carbamates (subject to hydrolysis) is 1. The number of benzene rings is 2. The number of aromatic nitrogens is 1. The summed E-state index contributed by atoms with van der Waals surface area (Å²) in [6.07, 6.45) is 2.55. The van der Waals surface area contributed by atoms with E-state index in [-0.39, 0.29) is 43.0 Å². The maximum absolute atomic E-state index is 12.9. The summed E-state index contributed by atoms with van der Waals surface area (Å²) in [4.78, 5) is 40.2. The first-order valence-electron chi connectivity index (χ1n) is 11.5. The number of rotatable bonds is 8. The van der Waals surface area contributed by atoms with Crippen LogP contribution in [0.4, 0.5) is 4.79 Å². The molecule has 0 spiro atoms. The third-order valence-electron chi connectivity index (χ3n) is 6.96. The summed E-state index contributed by atoms with van der Waals surface area (Å²) < 4.78 is 10.6. The molecule has 0 bridgehead atoms. The lowest BCUT2D eigenvalue weighted by Crippen LogP contribution is -2.52. The lowest BCUT2D eigenvalue weighted by Gasteiger charge is -2.40. The largest absolute Gasteiger partial charge is 0.476 e. The van der Waals surface area contributed by atoms with Gasteiger partial charge in [0.25, 0.3) is 0 Å². The van der Waals surface area contributed by atoms with Gasteiger partial charge in [0.1, 0.15) is 6.61 Å². The number of carbonyl (C=O) groups is 3. The number of carbonyl (C=O) groups excluding carboxylic acids is 2. The zero-order chi connectivity index (χ0) is 24.4. The molecule has 0 aliphatic heterocycles. The molecule has 9 heteroatoms. The van der Waals surface area contributed by atoms with Gasteiger partial charge >= 0.3 is 12.1 Å². The van der Waals surface area contributed by atoms with Crippen molar-refractivity contribution >= 4 is 18.0 Å². The monoisotopic (exact) mass is 475 g/mol. The van der Waals surface area contributed by atoms with Crippen LogP contribution in [0, 0.1) is 5.41 Å². The van der Waals surface area contributed by atoms with E-state index in [1.54, 1.807) is 0 Å². The van der Waals surface area contributed by atoms with Gasteiger partial charge in [-0.3, -0.25) is 4.79 Å². The van der Waals surface area contributed by atoms with Crippen LogP contribution in [-0.2, 0) is 16.1 Å². The van der Waals surface area contributed by atoms with Crippen LogP contribution in [0.25, 0.3) is 11.1 Å². The van der Waals surface area contributed by atoms with Crippen molar-refractivity contribution in [3.8, 4) is 11.1 Å². The molecule has 180 valence electrons. The fourth-order valence-corrected chi connectivity index (χ4v) is 4.90. The number of aromatic carboxylic acids is 1. The molecule has 0 radical (unpaired) electrons. The number of carboxylic acid groups (broad SMARTS) is 1. The molecule has 35 heavy (non-hydrogen) atoms. The van der Waals surface area contributed by atoms with Crippen LogP contribution >= 0.6 is 0 Å². The Kier molecular flexibility index (Phi) is 5.98. The minimum Gasteiger partial charge on any atom is -0.476 e. The predicted molar refractivity (Wildman–Crippen MR) is 125 cm³/mol. The molecule has 0 atom stereocenters. The Labute approximate surface area is 201 Å². The predicted octanol–water partition coefficient (Wildman–Crippen LogP) is 3.70. The van der Waals surface area contributed by atoms with Crippen LogP contribution < -0.4 is 10.6 Å². The molecular weight excluding hydrogens is 450 g/mol. The zero-order valence-corrected chi connectivity index (χ0v) is 19.0. The van der Waals surface area contributed by atoms with Crippen molar-refractivity contribution in [1.82, 2.24) is 15.6 Å². The molecule has 3 N–H and O–H groups in total. The van der Waals surface area contributed by atoms with Gasteiger partial charge in [0.15, 0.2) is 17.8 Å². The van der Waals surface area contributed by atoms with Gasteiger partial charge in [-0.15, -0.1) is 0 Å². The first-order valence-corrected chi connectivity index (χ1v) is 11.5. The molecule has 2 aliphatic carbocycles. The standard InChI is InChI=1S/C26H25N3O6/c30-23(31)22-21(35-15-29-22)12-27-24(32)26(10-5-11-26)14-28-25(33)34-13-20-18-8-3-1-6-16(18)17-7-2-4-9-19(17)20/h1-4,6-9,15,20H,5,10-14H2,(H,27,32)(H,28,33)(H,30,31). The normalized spacial score (nSPS) is 15.4. The summed E-state index contributed by atoms with van der Waals surface area (Å²) in [5, 5.41) is 14.6. The smallest absolute Gasteiger partial charge is 0.407 e. The van der Waals surface area contributed by atoms with Gasteiger partial charge in [-0.05, 0) is 35.1 Å². The second kappa shape index (κ2) is 9.25. The summed E-state index contributed by atoms with van der Waals surface area (Å²) in [5.41, 5.74) is 3.58. The van der Waals surface area contributed by atoms with E-state index in [2.05, 4.69) is 39.9 Å². The van der Waals surface area contributed by atoms with Crippen molar-refractivity contribution in [3.05, 3.63) is 77.5 Å². The topological polar surface area (TPSA) is 131 Å². The molecule has 1 aromatic heterocycles. The number of amides is 2. The van der Waals surface area contributed by atoms with Crippen molar-refractivity contribution in [1.29, 1.82) is 0 Å². The van der Waals surface area contributed by atoms with E-state index < -0.39 is 17.5 Å². The Morgan fingerprint density at radius 3 is 2.29 bits per heavy atom. The Balaban J connectivity index is 1.17. The molecule has 1 fully saturated rings. The number of carboxylic acids is 1. The van der Waals surface area contributed by atoms with Crippen molar-refractivity contribution in [3.63, 3.8) is 0 Å². The Morgan fingerprint density at radius 2 is 1.69 bits per heavy atom. The van der Waals surface area contributed by atoms with Crippen LogP contribution in [0.3, 0.4) is 0 Å². The van der Waals surface area contributed by atoms with Crippen LogP contribution in [0.1, 0.15) is 52.6 Å². The quantitative estimate of drug-likeness (QED) is 0.453. The van der Waals surface area contributed by atoms with E-state index in [0.717, 1.165) is 35.1 Å². The van der Waals surface area contributed by atoms with E-state index in [9.17, 15) is 14.4 Å². The Hall–Kier alpha value is -4.14. The molecule has 2 aromatic carbocycles. The highest BCUT2D eigenvalue weighted by Gasteiger charge is 2.44. The zero-order valence-electron chi connectivity index (χ0n) is 19.0. The fraction of sp³-hybridized carbons (Fsp3) is 0.308. The lowest BCUT2D eigenvalue weighted by molar-refractivity contribution is -0.135. The van der Waals surface area contributed by atoms with E-state index in [1.807, 2.05) is 24.3 Å². The molecule has 3 aromatic rings. The van der Waals surface area contributed by atoms with E-state index in [4.69, 9.17) is 14.3 Å². The van der Waals surface area contributed by atoms with Crippen LogP contribution in [0.5, 0.6) is 0 Å². The van der Waals surface area contributed by atoms with Gasteiger partial charge in [0.2, 0.25) is 5.91 Å². The number of hydrogen-bond donors (Lipinski definition) is 3. The van der Waals surface area contributed by atoms with E-state index >= 15 is 0 Å². The van der Waals surface area contributed by atoms with Crippen LogP contribution in [0.15, 0.2) is 59.3 Å². The highest BCUT2D eigenvalue weighted by molar-refractivity contribution is 5.87. The summed E-state index contributed by atoms with van der Waals surface area (Å²) in [5.74, 6) is -1.46. The van der Waals surface area contributed by atoms with Crippen molar-refractivity contribution in [2.75, 3.05) is 13.2 Å². The number of nitrogens with one attached hydrogen (secondary N) is 2. The van der Waals surface area contributed by atoms with Gasteiger partial charge < -0.3 is 24.9 Å². The third-order valence-corrected chi connectivity index (χ3v) is 6.96. The van der Waals surface area contributed by atoms with Gasteiger partial charge in [-0.1, -0.05) is 55.0 Å². The summed E-state index contributed by atoms with van der Waals surface area (Å²) >= 11 is 0. The van der Waals surface area contributed by atoms with Gasteiger partial charge in [0, 0.05) is 12.5 Å². The molecule has 0 unspecified atom stereocenters. The van der Waals surface area contributed by atoms with Crippen LogP contribution in [0.2, 0.25) is 0 Å². The second-order valence-corrected chi connectivity index (χ2v) is 8.92. The number of fused-ring (bicyclic) bond motifs is 3. The average molecular weight is 476 g/mol. The SMILES string of the molecule is O=C(NCC1(C(=O)NCc2ocnc2C(=O)O)CCC1)OCC1c2ccccc2-c2ccccc21. The van der Waals surface area contributed by atoms with Crippen molar-refractivity contribution in [2.24, 2.45) is 5.41 Å². The molecule has 1 saturated carbocycles. The maximum Gasteiger partial charge on any atom is 0.407 e. The first kappa shape index (κ1) is 22.6. The number of ether oxygens (including phenoxy) is 1. The van der Waals surface area contributed by atoms with Crippen molar-refractivity contribution < 1.29 is 28.6 Å². The molecule has 2 aliphatic rings. The average Bonchev–Trinajstić information content (AvgIpc) is 3.44. The lowest BCUT2D eigenvalue weighted by atomic mass is 9.68. The molecule has 1 heterocycles. The number of hydrogen-bond acceptors (Lipinski definition) is 6.